The fraction of sp³-hybridized carbons (Fsp3) is 0.100. The molecule has 0 saturated heterocycles. The largest absolute Gasteiger partial charge is 0.496 e. The van der Waals surface area contributed by atoms with Gasteiger partial charge in [-0.1, -0.05) is 47.2 Å². The van der Waals surface area contributed by atoms with Crippen molar-refractivity contribution in [2.45, 2.75) is 0 Å². The minimum Gasteiger partial charge on any atom is -0.496 e. The van der Waals surface area contributed by atoms with E-state index in [9.17, 15) is 4.79 Å². The third kappa shape index (κ3) is 3.30. The molecule has 0 bridgehead atoms. The summed E-state index contributed by atoms with van der Waals surface area (Å²) < 4.78 is 11.5. The number of carbonyl (C=O) groups excluding carboxylic acids is 1. The summed E-state index contributed by atoms with van der Waals surface area (Å²) >= 11 is 7.56. The summed E-state index contributed by atoms with van der Waals surface area (Å²) in [7, 11) is 3.11. The van der Waals surface area contributed by atoms with Crippen LogP contribution in [0, 0.1) is 0 Å². The molecule has 28 heavy (non-hydrogen) atoms. The van der Waals surface area contributed by atoms with Crippen molar-refractivity contribution in [3.63, 3.8) is 0 Å². The molecule has 0 unspecified atom stereocenters. The second-order valence-electron chi connectivity index (χ2n) is 5.93. The van der Waals surface area contributed by atoms with Gasteiger partial charge in [-0.3, -0.25) is 15.6 Å². The molecule has 0 radical (unpaired) electrons. The van der Waals surface area contributed by atoms with Crippen LogP contribution in [0.2, 0.25) is 5.02 Å². The highest BCUT2D eigenvalue weighted by Crippen LogP contribution is 2.37. The van der Waals surface area contributed by atoms with Crippen LogP contribution < -0.4 is 20.3 Å². The third-order valence-corrected chi connectivity index (χ3v) is 5.70. The maximum atomic E-state index is 12.7. The first kappa shape index (κ1) is 18.3. The van der Waals surface area contributed by atoms with Crippen LogP contribution in [0.4, 0.5) is 5.13 Å². The molecule has 4 aromatic rings. The van der Waals surface area contributed by atoms with Crippen molar-refractivity contribution >= 4 is 55.0 Å². The Hall–Kier alpha value is -3.03. The number of benzene rings is 3. The zero-order valence-corrected chi connectivity index (χ0v) is 16.6. The number of amides is 1. The van der Waals surface area contributed by atoms with E-state index in [1.807, 2.05) is 30.3 Å². The average Bonchev–Trinajstić information content (AvgIpc) is 3.16. The highest BCUT2D eigenvalue weighted by molar-refractivity contribution is 7.22. The molecule has 0 saturated carbocycles. The molecule has 0 spiro atoms. The lowest BCUT2D eigenvalue weighted by atomic mass is 10.1. The van der Waals surface area contributed by atoms with Crippen LogP contribution in [-0.2, 0) is 0 Å². The molecule has 2 N–H and O–H groups in total. The van der Waals surface area contributed by atoms with Gasteiger partial charge < -0.3 is 9.47 Å². The number of thiazole rings is 1. The smallest absolute Gasteiger partial charge is 0.273 e. The zero-order valence-electron chi connectivity index (χ0n) is 15.1. The van der Waals surface area contributed by atoms with E-state index in [0.717, 1.165) is 15.5 Å². The number of carbonyl (C=O) groups is 1. The Bertz CT molecular complexity index is 1190. The van der Waals surface area contributed by atoms with Gasteiger partial charge in [0.2, 0.25) is 5.13 Å². The van der Waals surface area contributed by atoms with E-state index in [1.165, 1.54) is 18.4 Å². The average molecular weight is 414 g/mol. The molecule has 1 aromatic heterocycles. The Balaban J connectivity index is 1.60. The summed E-state index contributed by atoms with van der Waals surface area (Å²) in [6.45, 7) is 0. The summed E-state index contributed by atoms with van der Waals surface area (Å²) in [5.74, 6) is 0.776. The maximum Gasteiger partial charge on any atom is 0.273 e. The summed E-state index contributed by atoms with van der Waals surface area (Å²) in [6.07, 6.45) is 0. The number of aromatic nitrogens is 1. The van der Waals surface area contributed by atoms with E-state index in [1.54, 1.807) is 25.3 Å². The first-order valence-electron chi connectivity index (χ1n) is 8.37. The monoisotopic (exact) mass is 413 g/mol. The summed E-state index contributed by atoms with van der Waals surface area (Å²) in [4.78, 5) is 17.2. The quantitative estimate of drug-likeness (QED) is 0.456. The molecule has 6 nitrogen and oxygen atoms in total. The number of hydrogen-bond donors (Lipinski definition) is 2. The number of fused-ring (bicyclic) bond motifs is 2. The number of anilines is 1. The third-order valence-electron chi connectivity index (χ3n) is 4.27. The minimum atomic E-state index is -0.333. The number of methoxy groups -OCH3 is 2. The van der Waals surface area contributed by atoms with E-state index in [2.05, 4.69) is 15.8 Å². The van der Waals surface area contributed by atoms with Crippen molar-refractivity contribution in [2.24, 2.45) is 0 Å². The van der Waals surface area contributed by atoms with Crippen molar-refractivity contribution in [1.29, 1.82) is 0 Å². The molecule has 4 rings (SSSR count). The van der Waals surface area contributed by atoms with Gasteiger partial charge in [0, 0.05) is 0 Å². The van der Waals surface area contributed by atoms with E-state index in [4.69, 9.17) is 21.1 Å². The lowest BCUT2D eigenvalue weighted by Crippen LogP contribution is -2.29. The predicted molar refractivity (Wildman–Crippen MR) is 113 cm³/mol. The van der Waals surface area contributed by atoms with Crippen LogP contribution in [0.1, 0.15) is 10.4 Å². The van der Waals surface area contributed by atoms with Gasteiger partial charge in [0.15, 0.2) is 0 Å². The van der Waals surface area contributed by atoms with Gasteiger partial charge in [-0.25, -0.2) is 4.98 Å². The molecule has 3 aromatic carbocycles. The number of nitrogens with one attached hydrogen (secondary N) is 2. The molecule has 1 heterocycles. The lowest BCUT2D eigenvalue weighted by Gasteiger charge is -2.11. The molecule has 1 amide bonds. The lowest BCUT2D eigenvalue weighted by molar-refractivity contribution is 0.0960. The SMILES string of the molecule is COc1cc2ccccc2cc1C(=O)NNc1nc2c(OC)ccc(Cl)c2s1. The molecular weight excluding hydrogens is 398 g/mol. The molecule has 0 aliphatic rings. The Labute approximate surface area is 170 Å². The Morgan fingerprint density at radius 3 is 2.46 bits per heavy atom. The van der Waals surface area contributed by atoms with E-state index >= 15 is 0 Å². The first-order valence-corrected chi connectivity index (χ1v) is 9.56. The van der Waals surface area contributed by atoms with E-state index < -0.39 is 0 Å². The van der Waals surface area contributed by atoms with Crippen LogP contribution >= 0.6 is 22.9 Å². The predicted octanol–water partition coefficient (Wildman–Crippen LogP) is 4.88. The Morgan fingerprint density at radius 2 is 1.75 bits per heavy atom. The van der Waals surface area contributed by atoms with Gasteiger partial charge in [0.25, 0.3) is 5.91 Å². The standard InChI is InChI=1S/C20H16ClN3O3S/c1-26-15-8-7-14(21)18-17(15)22-20(28-18)24-23-19(25)13-9-11-5-3-4-6-12(11)10-16(13)27-2/h3-10H,1-2H3,(H,22,24)(H,23,25). The van der Waals surface area contributed by atoms with E-state index in [-0.39, 0.29) is 5.91 Å². The van der Waals surface area contributed by atoms with Gasteiger partial charge in [-0.05, 0) is 35.0 Å². The Kier molecular flexibility index (Phi) is 4.93. The highest BCUT2D eigenvalue weighted by Gasteiger charge is 2.16. The Morgan fingerprint density at radius 1 is 1.04 bits per heavy atom. The molecule has 0 aliphatic heterocycles. The molecule has 142 valence electrons. The van der Waals surface area contributed by atoms with Crippen LogP contribution in [0.3, 0.4) is 0 Å². The summed E-state index contributed by atoms with van der Waals surface area (Å²) in [6, 6.07) is 14.9. The molecule has 0 fully saturated rings. The fourth-order valence-corrected chi connectivity index (χ4v) is 4.02. The van der Waals surface area contributed by atoms with Crippen molar-refractivity contribution < 1.29 is 14.3 Å². The summed E-state index contributed by atoms with van der Waals surface area (Å²) in [5, 5.41) is 3.01. The zero-order chi connectivity index (χ0) is 19.7. The van der Waals surface area contributed by atoms with Crippen LogP contribution in [0.15, 0.2) is 48.5 Å². The number of hydrazine groups is 1. The number of rotatable bonds is 5. The fourth-order valence-electron chi connectivity index (χ4n) is 2.91. The van der Waals surface area contributed by atoms with E-state index in [0.29, 0.717) is 32.7 Å². The molecule has 0 atom stereocenters. The second-order valence-corrected chi connectivity index (χ2v) is 7.33. The number of nitrogens with zero attached hydrogens (tertiary/aromatic N) is 1. The van der Waals surface area contributed by atoms with Gasteiger partial charge in [-0.2, -0.15) is 0 Å². The van der Waals surface area contributed by atoms with Gasteiger partial charge in [0.1, 0.15) is 17.0 Å². The van der Waals surface area contributed by atoms with Crippen molar-refractivity contribution in [1.82, 2.24) is 10.4 Å². The highest BCUT2D eigenvalue weighted by atomic mass is 35.5. The van der Waals surface area contributed by atoms with Crippen molar-refractivity contribution in [3.8, 4) is 11.5 Å². The van der Waals surface area contributed by atoms with Crippen LogP contribution in [0.25, 0.3) is 21.0 Å². The summed E-state index contributed by atoms with van der Waals surface area (Å²) in [5.41, 5.74) is 6.58. The van der Waals surface area contributed by atoms with Gasteiger partial charge >= 0.3 is 0 Å². The first-order chi connectivity index (χ1) is 13.6. The maximum absolute atomic E-state index is 12.7. The topological polar surface area (TPSA) is 72.5 Å². The van der Waals surface area contributed by atoms with Gasteiger partial charge in [0.05, 0.1) is 29.5 Å². The van der Waals surface area contributed by atoms with Crippen LogP contribution in [-0.4, -0.2) is 25.1 Å². The second kappa shape index (κ2) is 7.53. The minimum absolute atomic E-state index is 0.333. The number of ether oxygens (including phenoxy) is 2. The number of halogens is 1. The van der Waals surface area contributed by atoms with Crippen molar-refractivity contribution in [3.05, 3.63) is 59.1 Å². The van der Waals surface area contributed by atoms with Crippen molar-refractivity contribution in [2.75, 3.05) is 19.6 Å². The van der Waals surface area contributed by atoms with Gasteiger partial charge in [-0.15, -0.1) is 0 Å². The molecule has 0 aliphatic carbocycles. The molecular formula is C20H16ClN3O3S. The molecule has 8 heteroatoms. The normalized spacial score (nSPS) is 10.8. The number of hydrogen-bond acceptors (Lipinski definition) is 6. The van der Waals surface area contributed by atoms with Crippen LogP contribution in [0.5, 0.6) is 11.5 Å².